The smallest absolute Gasteiger partial charge is 0.416 e. The molecule has 2 rings (SSSR count). The molecule has 2 aromatic rings. The molecule has 6 heteroatoms. The van der Waals surface area contributed by atoms with Crippen molar-refractivity contribution in [3.63, 3.8) is 0 Å². The largest absolute Gasteiger partial charge is 0.436 e. The van der Waals surface area contributed by atoms with Crippen LogP contribution in [0.25, 0.3) is 0 Å². The average Bonchev–Trinajstić information content (AvgIpc) is 2.47. The number of hydrogen-bond donors (Lipinski definition) is 1. The van der Waals surface area contributed by atoms with E-state index in [0.717, 1.165) is 6.21 Å². The maximum atomic E-state index is 12.7. The molecule has 0 aliphatic heterocycles. The quantitative estimate of drug-likeness (QED) is 0.380. The summed E-state index contributed by atoms with van der Waals surface area (Å²) in [5.41, 5.74) is 0. The maximum absolute atomic E-state index is 12.7. The second-order valence-corrected chi connectivity index (χ2v) is 5.85. The van der Waals surface area contributed by atoms with Gasteiger partial charge >= 0.3 is 7.60 Å². The lowest BCUT2D eigenvalue weighted by atomic mass is 10.3. The molecule has 0 bridgehead atoms. The van der Waals surface area contributed by atoms with Crippen molar-refractivity contribution in [3.05, 3.63) is 60.7 Å². The first-order valence-electron chi connectivity index (χ1n) is 5.96. The van der Waals surface area contributed by atoms with Crippen LogP contribution in [0.15, 0.2) is 65.8 Å². The van der Waals surface area contributed by atoms with Crippen LogP contribution in [-0.4, -0.2) is 17.6 Å². The highest BCUT2D eigenvalue weighted by molar-refractivity contribution is 7.55. The number of rotatable bonds is 6. The molecular weight excluding hydrogens is 277 g/mol. The Morgan fingerprint density at radius 1 is 0.950 bits per heavy atom. The summed E-state index contributed by atoms with van der Waals surface area (Å²) in [6, 6.07) is 17.4. The van der Waals surface area contributed by atoms with E-state index in [1.54, 1.807) is 48.5 Å². The van der Waals surface area contributed by atoms with Crippen LogP contribution in [0, 0.1) is 0 Å². The van der Waals surface area contributed by atoms with Gasteiger partial charge in [-0.15, -0.1) is 5.16 Å². The Balaban J connectivity index is 2.19. The van der Waals surface area contributed by atoms with Gasteiger partial charge in [0, 0.05) is 0 Å². The van der Waals surface area contributed by atoms with Gasteiger partial charge in [0.25, 0.3) is 0 Å². The van der Waals surface area contributed by atoms with Gasteiger partial charge in [-0.05, 0) is 24.3 Å². The van der Waals surface area contributed by atoms with E-state index in [2.05, 4.69) is 5.16 Å². The number of oxime groups is 1. The van der Waals surface area contributed by atoms with Crippen molar-refractivity contribution >= 4 is 13.8 Å². The zero-order chi connectivity index (χ0) is 14.3. The van der Waals surface area contributed by atoms with E-state index >= 15 is 0 Å². The molecular formula is C14H14NO4P. The summed E-state index contributed by atoms with van der Waals surface area (Å²) >= 11 is 0. The molecule has 0 atom stereocenters. The van der Waals surface area contributed by atoms with Gasteiger partial charge in [0.2, 0.25) is 0 Å². The van der Waals surface area contributed by atoms with Gasteiger partial charge in [0.05, 0.1) is 6.21 Å². The number of benzene rings is 2. The van der Waals surface area contributed by atoms with Crippen LogP contribution in [0.1, 0.15) is 0 Å². The van der Waals surface area contributed by atoms with E-state index in [4.69, 9.17) is 14.3 Å². The molecule has 0 radical (unpaired) electrons. The molecule has 0 unspecified atom stereocenters. The Hall–Kier alpha value is -2.26. The molecule has 0 aromatic heterocycles. The van der Waals surface area contributed by atoms with Crippen molar-refractivity contribution in [1.29, 1.82) is 0 Å². The lowest BCUT2D eigenvalue weighted by Gasteiger charge is -2.18. The topological polar surface area (TPSA) is 68.1 Å². The Bertz CT molecular complexity index is 556. The van der Waals surface area contributed by atoms with Crippen molar-refractivity contribution in [2.45, 2.75) is 0 Å². The summed E-state index contributed by atoms with van der Waals surface area (Å²) < 4.78 is 23.5. The van der Waals surface area contributed by atoms with Gasteiger partial charge in [-0.25, -0.2) is 4.57 Å². The number of nitrogens with zero attached hydrogens (tertiary/aromatic N) is 1. The first-order chi connectivity index (χ1) is 9.72. The van der Waals surface area contributed by atoms with E-state index in [1.807, 2.05) is 12.1 Å². The summed E-state index contributed by atoms with van der Waals surface area (Å²) in [5.74, 6) is 0.858. The molecule has 0 spiro atoms. The summed E-state index contributed by atoms with van der Waals surface area (Å²) in [4.78, 5) is 0. The molecule has 0 aliphatic rings. The Labute approximate surface area is 117 Å². The highest BCUT2D eigenvalue weighted by Gasteiger charge is 2.27. The fourth-order valence-corrected chi connectivity index (χ4v) is 2.86. The van der Waals surface area contributed by atoms with Crippen LogP contribution in [0.4, 0.5) is 0 Å². The molecule has 0 fully saturated rings. The van der Waals surface area contributed by atoms with Crippen molar-refractivity contribution < 1.29 is 18.8 Å². The van der Waals surface area contributed by atoms with Crippen molar-refractivity contribution in [1.82, 2.24) is 0 Å². The lowest BCUT2D eigenvalue weighted by Crippen LogP contribution is -2.06. The number of para-hydroxylation sites is 2. The molecule has 20 heavy (non-hydrogen) atoms. The SMILES string of the molecule is O=P(CC=NO)(Oc1ccccc1)Oc1ccccc1. The lowest BCUT2D eigenvalue weighted by molar-refractivity contribution is 0.320. The third-order valence-corrected chi connectivity index (χ3v) is 3.95. The zero-order valence-electron chi connectivity index (χ0n) is 10.6. The third kappa shape index (κ3) is 4.14. The van der Waals surface area contributed by atoms with Gasteiger partial charge < -0.3 is 14.3 Å². The average molecular weight is 291 g/mol. The van der Waals surface area contributed by atoms with E-state index in [-0.39, 0.29) is 6.16 Å². The van der Waals surface area contributed by atoms with Crippen LogP contribution >= 0.6 is 7.60 Å². The van der Waals surface area contributed by atoms with Gasteiger partial charge in [0.1, 0.15) is 17.7 Å². The molecule has 2 aromatic carbocycles. The van der Waals surface area contributed by atoms with Crippen molar-refractivity contribution in [2.75, 3.05) is 6.16 Å². The molecule has 104 valence electrons. The molecule has 0 aliphatic carbocycles. The highest BCUT2D eigenvalue weighted by Crippen LogP contribution is 2.47. The van der Waals surface area contributed by atoms with Gasteiger partial charge in [-0.1, -0.05) is 36.4 Å². The summed E-state index contributed by atoms with van der Waals surface area (Å²) in [6.07, 6.45) is 0.958. The van der Waals surface area contributed by atoms with E-state index < -0.39 is 7.60 Å². The summed E-state index contributed by atoms with van der Waals surface area (Å²) in [6.45, 7) is 0. The minimum atomic E-state index is -3.49. The molecule has 5 nitrogen and oxygen atoms in total. The molecule has 0 heterocycles. The fourth-order valence-electron chi connectivity index (χ4n) is 1.51. The van der Waals surface area contributed by atoms with Crippen LogP contribution in [0.2, 0.25) is 0 Å². The van der Waals surface area contributed by atoms with Gasteiger partial charge in [0.15, 0.2) is 0 Å². The molecule has 0 amide bonds. The first-order valence-corrected chi connectivity index (χ1v) is 7.69. The van der Waals surface area contributed by atoms with Gasteiger partial charge in [-0.3, -0.25) is 0 Å². The standard InChI is InChI=1S/C14H14NO4P/c16-15-11-12-20(17,18-13-7-3-1-4-8-13)19-14-9-5-2-6-10-14/h1-11,16H,12H2. The summed E-state index contributed by atoms with van der Waals surface area (Å²) in [5, 5.41) is 11.3. The Kier molecular flexibility index (Phi) is 4.80. The predicted molar refractivity (Wildman–Crippen MR) is 76.9 cm³/mol. The van der Waals surface area contributed by atoms with Crippen LogP contribution in [0.3, 0.4) is 0 Å². The molecule has 0 saturated carbocycles. The second-order valence-electron chi connectivity index (χ2n) is 3.90. The minimum Gasteiger partial charge on any atom is -0.416 e. The Morgan fingerprint density at radius 2 is 1.40 bits per heavy atom. The van der Waals surface area contributed by atoms with E-state index in [1.165, 1.54) is 0 Å². The van der Waals surface area contributed by atoms with Crippen molar-refractivity contribution in [2.24, 2.45) is 5.16 Å². The first kappa shape index (κ1) is 14.2. The van der Waals surface area contributed by atoms with Gasteiger partial charge in [-0.2, -0.15) is 0 Å². The van der Waals surface area contributed by atoms with Crippen molar-refractivity contribution in [3.8, 4) is 11.5 Å². The Morgan fingerprint density at radius 3 is 1.80 bits per heavy atom. The van der Waals surface area contributed by atoms with Crippen LogP contribution in [0.5, 0.6) is 11.5 Å². The summed E-state index contributed by atoms with van der Waals surface area (Å²) in [7, 11) is -3.49. The fraction of sp³-hybridized carbons (Fsp3) is 0.0714. The maximum Gasteiger partial charge on any atom is 0.436 e. The molecule has 0 saturated heterocycles. The second kappa shape index (κ2) is 6.78. The van der Waals surface area contributed by atoms with E-state index in [9.17, 15) is 4.57 Å². The van der Waals surface area contributed by atoms with Crippen LogP contribution in [-0.2, 0) is 4.57 Å². The normalized spacial score (nSPS) is 11.4. The predicted octanol–water partition coefficient (Wildman–Crippen LogP) is 3.80. The monoisotopic (exact) mass is 291 g/mol. The number of hydrogen-bond acceptors (Lipinski definition) is 5. The van der Waals surface area contributed by atoms with E-state index in [0.29, 0.717) is 11.5 Å². The zero-order valence-corrected chi connectivity index (χ0v) is 11.5. The highest BCUT2D eigenvalue weighted by atomic mass is 31.2. The third-order valence-electron chi connectivity index (χ3n) is 2.36. The molecule has 1 N–H and O–H groups in total. The van der Waals surface area contributed by atoms with Crippen LogP contribution < -0.4 is 9.05 Å². The minimum absolute atomic E-state index is 0.132.